The lowest BCUT2D eigenvalue weighted by molar-refractivity contribution is 0.0696. The van der Waals surface area contributed by atoms with E-state index in [1.165, 1.54) is 30.3 Å². The highest BCUT2D eigenvalue weighted by Crippen LogP contribution is 2.31. The van der Waals surface area contributed by atoms with Crippen molar-refractivity contribution in [3.63, 3.8) is 0 Å². The summed E-state index contributed by atoms with van der Waals surface area (Å²) in [7, 11) is 0. The summed E-state index contributed by atoms with van der Waals surface area (Å²) < 4.78 is 0. The molecular weight excluding hydrogens is 422 g/mol. The molecule has 3 amide bonds. The Hall–Kier alpha value is -4.04. The highest BCUT2D eigenvalue weighted by atomic mass is 35.5. The van der Waals surface area contributed by atoms with Crippen LogP contribution < -0.4 is 10.2 Å². The summed E-state index contributed by atoms with van der Waals surface area (Å²) in [5, 5.41) is 12.0. The van der Waals surface area contributed by atoms with E-state index < -0.39 is 23.7 Å². The maximum Gasteiger partial charge on any atom is 0.335 e. The molecule has 154 valence electrons. The van der Waals surface area contributed by atoms with Crippen molar-refractivity contribution in [2.45, 2.75) is 6.54 Å². The number of nitrogens with one attached hydrogen (secondary N) is 1. The first-order valence-electron chi connectivity index (χ1n) is 9.09. The molecule has 1 aromatic heterocycles. The number of pyridine rings is 1. The second-order valence-corrected chi connectivity index (χ2v) is 7.13. The maximum absolute atomic E-state index is 12.8. The first-order valence-corrected chi connectivity index (χ1v) is 9.47. The van der Waals surface area contributed by atoms with E-state index in [9.17, 15) is 19.2 Å². The fourth-order valence-electron chi connectivity index (χ4n) is 3.21. The fraction of sp³-hybridized carbons (Fsp3) is 0.0455. The zero-order chi connectivity index (χ0) is 22.1. The first-order chi connectivity index (χ1) is 14.9. The van der Waals surface area contributed by atoms with Crippen molar-refractivity contribution >= 4 is 41.0 Å². The molecule has 0 spiro atoms. The average molecular weight is 436 g/mol. The summed E-state index contributed by atoms with van der Waals surface area (Å²) in [6, 6.07) is 11.5. The quantitative estimate of drug-likeness (QED) is 0.594. The van der Waals surface area contributed by atoms with Gasteiger partial charge in [0.25, 0.3) is 17.7 Å². The Morgan fingerprint density at radius 2 is 1.81 bits per heavy atom. The van der Waals surface area contributed by atoms with Crippen LogP contribution in [0.25, 0.3) is 0 Å². The van der Waals surface area contributed by atoms with Crippen molar-refractivity contribution in [3.05, 3.63) is 93.8 Å². The second-order valence-electron chi connectivity index (χ2n) is 6.72. The summed E-state index contributed by atoms with van der Waals surface area (Å²) in [4.78, 5) is 54.3. The molecule has 2 N–H and O–H groups in total. The van der Waals surface area contributed by atoms with Crippen molar-refractivity contribution in [1.82, 2.24) is 10.3 Å². The van der Waals surface area contributed by atoms with Crippen molar-refractivity contribution < 1.29 is 24.3 Å². The van der Waals surface area contributed by atoms with Gasteiger partial charge in [0.2, 0.25) is 0 Å². The molecule has 0 saturated heterocycles. The number of nitrogens with zero attached hydrogens (tertiary/aromatic N) is 2. The maximum atomic E-state index is 12.8. The Bertz CT molecular complexity index is 1240. The number of rotatable bonds is 5. The van der Waals surface area contributed by atoms with Crippen molar-refractivity contribution in [1.29, 1.82) is 0 Å². The highest BCUT2D eigenvalue weighted by Gasteiger charge is 2.37. The van der Waals surface area contributed by atoms with Gasteiger partial charge in [0, 0.05) is 18.9 Å². The molecule has 0 bridgehead atoms. The number of carboxylic acids is 1. The minimum Gasteiger partial charge on any atom is -0.478 e. The van der Waals surface area contributed by atoms with E-state index >= 15 is 0 Å². The molecule has 0 fully saturated rings. The van der Waals surface area contributed by atoms with Crippen molar-refractivity contribution in [3.8, 4) is 0 Å². The number of aromatic carboxylic acids is 1. The second kappa shape index (κ2) is 8.00. The zero-order valence-corrected chi connectivity index (χ0v) is 16.6. The Labute approximate surface area is 181 Å². The Morgan fingerprint density at radius 3 is 2.52 bits per heavy atom. The Morgan fingerprint density at radius 1 is 1.03 bits per heavy atom. The van der Waals surface area contributed by atoms with E-state index in [0.717, 1.165) is 16.5 Å². The number of carboxylic acid groups (broad SMARTS) is 1. The number of anilines is 1. The smallest absolute Gasteiger partial charge is 0.335 e. The molecule has 8 nitrogen and oxygen atoms in total. The van der Waals surface area contributed by atoms with Crippen LogP contribution in [0.2, 0.25) is 5.02 Å². The standard InChI is InChI=1S/C22H14ClN3O5/c23-18-6-4-14(9-17(18)19(27)25-11-12-2-1-7-24-10-12)26-20(28)15-5-3-13(22(30)31)8-16(15)21(26)29/h1-10H,11H2,(H,25,27)(H,30,31). The van der Waals surface area contributed by atoms with Gasteiger partial charge in [-0.05, 0) is 48.0 Å². The van der Waals surface area contributed by atoms with Crippen molar-refractivity contribution in [2.24, 2.45) is 0 Å². The largest absolute Gasteiger partial charge is 0.478 e. The third-order valence-corrected chi connectivity index (χ3v) is 5.09. The number of carbonyl (C=O) groups excluding carboxylic acids is 3. The lowest BCUT2D eigenvalue weighted by atomic mass is 10.1. The molecule has 0 aliphatic carbocycles. The van der Waals surface area contributed by atoms with Crippen LogP contribution in [-0.4, -0.2) is 33.8 Å². The van der Waals surface area contributed by atoms with Gasteiger partial charge in [0.05, 0.1) is 33.0 Å². The molecule has 1 aliphatic rings. The minimum absolute atomic E-state index is 0.0116. The molecule has 0 radical (unpaired) electrons. The van der Waals surface area contributed by atoms with Gasteiger partial charge in [0.15, 0.2) is 0 Å². The average Bonchev–Trinajstić information content (AvgIpc) is 3.03. The number of hydrogen-bond donors (Lipinski definition) is 2. The number of hydrogen-bond acceptors (Lipinski definition) is 5. The number of imide groups is 1. The summed E-state index contributed by atoms with van der Waals surface area (Å²) in [5.74, 6) is -2.98. The Balaban J connectivity index is 1.62. The summed E-state index contributed by atoms with van der Waals surface area (Å²) in [5.41, 5.74) is 1.01. The number of halogens is 1. The monoisotopic (exact) mass is 435 g/mol. The molecular formula is C22H14ClN3O5. The summed E-state index contributed by atoms with van der Waals surface area (Å²) in [6.07, 6.45) is 3.23. The SMILES string of the molecule is O=C(O)c1ccc2c(c1)C(=O)N(c1ccc(Cl)c(C(=O)NCc3cccnc3)c1)C2=O. The molecule has 1 aliphatic heterocycles. The van der Waals surface area contributed by atoms with E-state index in [4.69, 9.17) is 16.7 Å². The first kappa shape index (κ1) is 20.2. The van der Waals surface area contributed by atoms with Gasteiger partial charge < -0.3 is 10.4 Å². The van der Waals surface area contributed by atoms with Crippen LogP contribution in [0, 0.1) is 0 Å². The molecule has 2 heterocycles. The number of amides is 3. The minimum atomic E-state index is -1.21. The van der Waals surface area contributed by atoms with Gasteiger partial charge in [-0.3, -0.25) is 19.4 Å². The van der Waals surface area contributed by atoms with Gasteiger partial charge in [0.1, 0.15) is 0 Å². The van der Waals surface area contributed by atoms with Crippen LogP contribution in [-0.2, 0) is 6.54 Å². The zero-order valence-electron chi connectivity index (χ0n) is 15.8. The third kappa shape index (κ3) is 3.76. The van der Waals surface area contributed by atoms with Gasteiger partial charge in [-0.2, -0.15) is 0 Å². The molecule has 2 aromatic carbocycles. The lowest BCUT2D eigenvalue weighted by Gasteiger charge is -2.16. The molecule has 9 heteroatoms. The van der Waals surface area contributed by atoms with E-state index in [1.54, 1.807) is 24.5 Å². The predicted molar refractivity (Wildman–Crippen MR) is 111 cm³/mol. The number of fused-ring (bicyclic) bond motifs is 1. The molecule has 3 aromatic rings. The van der Waals surface area contributed by atoms with Gasteiger partial charge in [-0.1, -0.05) is 17.7 Å². The van der Waals surface area contributed by atoms with E-state index in [2.05, 4.69) is 10.3 Å². The predicted octanol–water partition coefficient (Wildman–Crippen LogP) is 3.16. The van der Waals surface area contributed by atoms with E-state index in [-0.39, 0.29) is 39.5 Å². The number of carbonyl (C=O) groups is 4. The van der Waals surface area contributed by atoms with Crippen LogP contribution in [0.4, 0.5) is 5.69 Å². The highest BCUT2D eigenvalue weighted by molar-refractivity contribution is 6.36. The van der Waals surface area contributed by atoms with Gasteiger partial charge in [-0.25, -0.2) is 9.69 Å². The molecule has 31 heavy (non-hydrogen) atoms. The Kier molecular flexibility index (Phi) is 5.22. The topological polar surface area (TPSA) is 117 Å². The molecule has 0 saturated carbocycles. The molecule has 4 rings (SSSR count). The lowest BCUT2D eigenvalue weighted by Crippen LogP contribution is -2.30. The van der Waals surface area contributed by atoms with E-state index in [0.29, 0.717) is 0 Å². The van der Waals surface area contributed by atoms with Crippen LogP contribution in [0.1, 0.15) is 47.0 Å². The normalized spacial score (nSPS) is 12.6. The fourth-order valence-corrected chi connectivity index (χ4v) is 3.42. The van der Waals surface area contributed by atoms with Crippen LogP contribution in [0.3, 0.4) is 0 Å². The van der Waals surface area contributed by atoms with Crippen molar-refractivity contribution in [2.75, 3.05) is 4.90 Å². The summed E-state index contributed by atoms with van der Waals surface area (Å²) >= 11 is 6.17. The number of aromatic nitrogens is 1. The van der Waals surface area contributed by atoms with E-state index in [1.807, 2.05) is 0 Å². The summed E-state index contributed by atoms with van der Waals surface area (Å²) in [6.45, 7) is 0.220. The number of benzene rings is 2. The molecule has 0 atom stereocenters. The van der Waals surface area contributed by atoms with Gasteiger partial charge in [-0.15, -0.1) is 0 Å². The third-order valence-electron chi connectivity index (χ3n) is 4.76. The van der Waals surface area contributed by atoms with Crippen LogP contribution >= 0.6 is 11.6 Å². The van der Waals surface area contributed by atoms with Crippen LogP contribution in [0.5, 0.6) is 0 Å². The molecule has 0 unspecified atom stereocenters. The van der Waals surface area contributed by atoms with Gasteiger partial charge >= 0.3 is 5.97 Å². The van der Waals surface area contributed by atoms with Crippen LogP contribution in [0.15, 0.2) is 60.9 Å².